The van der Waals surface area contributed by atoms with Gasteiger partial charge in [-0.2, -0.15) is 0 Å². The highest BCUT2D eigenvalue weighted by Crippen LogP contribution is 2.27. The van der Waals surface area contributed by atoms with Crippen molar-refractivity contribution in [3.8, 4) is 5.75 Å². The summed E-state index contributed by atoms with van der Waals surface area (Å²) in [4.78, 5) is 14.0. The van der Waals surface area contributed by atoms with Crippen molar-refractivity contribution in [1.82, 2.24) is 0 Å². The highest BCUT2D eigenvalue weighted by atomic mass is 16.5. The van der Waals surface area contributed by atoms with Crippen LogP contribution in [0.3, 0.4) is 0 Å². The Labute approximate surface area is 137 Å². The van der Waals surface area contributed by atoms with Crippen molar-refractivity contribution < 1.29 is 19.0 Å². The van der Waals surface area contributed by atoms with E-state index in [0.717, 1.165) is 43.3 Å². The van der Waals surface area contributed by atoms with Crippen LogP contribution in [0.4, 0.5) is 5.69 Å². The molecular formula is C17H26N2O4. The molecule has 0 radical (unpaired) electrons. The fourth-order valence-corrected chi connectivity index (χ4v) is 2.59. The maximum Gasteiger partial charge on any atom is 0.323 e. The molecular weight excluding hydrogens is 296 g/mol. The molecule has 0 aromatic heterocycles. The third-order valence-electron chi connectivity index (χ3n) is 3.76. The summed E-state index contributed by atoms with van der Waals surface area (Å²) in [5.74, 6) is 0.392. The lowest BCUT2D eigenvalue weighted by Gasteiger charge is -2.29. The second-order valence-electron chi connectivity index (χ2n) is 5.39. The molecule has 1 aliphatic rings. The van der Waals surface area contributed by atoms with Crippen molar-refractivity contribution in [3.63, 3.8) is 0 Å². The third kappa shape index (κ3) is 4.84. The summed E-state index contributed by atoms with van der Waals surface area (Å²) in [6.45, 7) is 7.82. The Balaban J connectivity index is 2.13. The van der Waals surface area contributed by atoms with E-state index in [4.69, 9.17) is 19.9 Å². The zero-order valence-electron chi connectivity index (χ0n) is 13.9. The van der Waals surface area contributed by atoms with Crippen LogP contribution in [0, 0.1) is 0 Å². The molecule has 1 aromatic rings. The second kappa shape index (κ2) is 8.74. The zero-order chi connectivity index (χ0) is 16.7. The number of hydrogen-bond acceptors (Lipinski definition) is 6. The average molecular weight is 322 g/mol. The van der Waals surface area contributed by atoms with E-state index in [2.05, 4.69) is 4.90 Å². The van der Waals surface area contributed by atoms with Gasteiger partial charge in [-0.3, -0.25) is 4.79 Å². The lowest BCUT2D eigenvalue weighted by molar-refractivity contribution is -0.144. The molecule has 1 fully saturated rings. The second-order valence-corrected chi connectivity index (χ2v) is 5.39. The molecule has 0 bridgehead atoms. The lowest BCUT2D eigenvalue weighted by Crippen LogP contribution is -2.36. The van der Waals surface area contributed by atoms with Gasteiger partial charge in [-0.15, -0.1) is 0 Å². The van der Waals surface area contributed by atoms with E-state index in [-0.39, 0.29) is 5.97 Å². The number of benzene rings is 1. The number of anilines is 1. The standard InChI is InChI=1S/C17H26N2O4/c1-3-22-16-12-14(19-7-9-21-10-8-19)6-5-13(16)11-15(18)17(20)23-4-2/h5-6,12,15H,3-4,7-11,18H2,1-2H3. The zero-order valence-corrected chi connectivity index (χ0v) is 13.9. The van der Waals surface area contributed by atoms with E-state index in [1.54, 1.807) is 6.92 Å². The monoisotopic (exact) mass is 322 g/mol. The van der Waals surface area contributed by atoms with Crippen LogP contribution in [-0.4, -0.2) is 51.5 Å². The Hall–Kier alpha value is -1.79. The van der Waals surface area contributed by atoms with Crippen LogP contribution in [0.15, 0.2) is 18.2 Å². The number of morpholine rings is 1. The molecule has 2 N–H and O–H groups in total. The van der Waals surface area contributed by atoms with Gasteiger partial charge in [0.05, 0.1) is 26.4 Å². The highest BCUT2D eigenvalue weighted by molar-refractivity contribution is 5.76. The molecule has 0 spiro atoms. The largest absolute Gasteiger partial charge is 0.494 e. The van der Waals surface area contributed by atoms with Crippen molar-refractivity contribution in [2.24, 2.45) is 5.73 Å². The first-order valence-electron chi connectivity index (χ1n) is 8.16. The van der Waals surface area contributed by atoms with E-state index in [0.29, 0.717) is 19.6 Å². The van der Waals surface area contributed by atoms with Crippen molar-refractivity contribution in [3.05, 3.63) is 23.8 Å². The Bertz CT molecular complexity index is 515. The molecule has 1 aliphatic heterocycles. The average Bonchev–Trinajstić information content (AvgIpc) is 2.57. The summed E-state index contributed by atoms with van der Waals surface area (Å²) < 4.78 is 16.1. The number of ether oxygens (including phenoxy) is 3. The molecule has 128 valence electrons. The van der Waals surface area contributed by atoms with Gasteiger partial charge in [0, 0.05) is 31.3 Å². The third-order valence-corrected chi connectivity index (χ3v) is 3.76. The molecule has 6 heteroatoms. The van der Waals surface area contributed by atoms with Crippen LogP contribution in [0.25, 0.3) is 0 Å². The number of rotatable bonds is 7. The molecule has 1 aromatic carbocycles. The number of carbonyl (C=O) groups excluding carboxylic acids is 1. The molecule has 0 aliphatic carbocycles. The fraction of sp³-hybridized carbons (Fsp3) is 0.588. The van der Waals surface area contributed by atoms with Gasteiger partial charge in [0.2, 0.25) is 0 Å². The van der Waals surface area contributed by atoms with Gasteiger partial charge in [-0.25, -0.2) is 0 Å². The minimum absolute atomic E-state index is 0.334. The molecule has 6 nitrogen and oxygen atoms in total. The van der Waals surface area contributed by atoms with Gasteiger partial charge >= 0.3 is 5.97 Å². The van der Waals surface area contributed by atoms with Crippen LogP contribution in [0.1, 0.15) is 19.4 Å². The van der Waals surface area contributed by atoms with Gasteiger partial charge in [0.15, 0.2) is 0 Å². The Morgan fingerprint density at radius 3 is 2.70 bits per heavy atom. The Morgan fingerprint density at radius 1 is 1.30 bits per heavy atom. The lowest BCUT2D eigenvalue weighted by atomic mass is 10.0. The molecule has 23 heavy (non-hydrogen) atoms. The highest BCUT2D eigenvalue weighted by Gasteiger charge is 2.19. The molecule has 1 unspecified atom stereocenters. The van der Waals surface area contributed by atoms with Gasteiger partial charge in [-0.05, 0) is 25.5 Å². The molecule has 1 heterocycles. The van der Waals surface area contributed by atoms with E-state index >= 15 is 0 Å². The maximum atomic E-state index is 11.7. The molecule has 1 atom stereocenters. The first-order valence-corrected chi connectivity index (χ1v) is 8.16. The van der Waals surface area contributed by atoms with E-state index in [1.807, 2.05) is 25.1 Å². The topological polar surface area (TPSA) is 74.0 Å². The van der Waals surface area contributed by atoms with Crippen molar-refractivity contribution in [2.75, 3.05) is 44.4 Å². The minimum atomic E-state index is -0.677. The maximum absolute atomic E-state index is 11.7. The first kappa shape index (κ1) is 17.6. The Kier molecular flexibility index (Phi) is 6.67. The number of esters is 1. The normalized spacial score (nSPS) is 16.0. The summed E-state index contributed by atoms with van der Waals surface area (Å²) in [6, 6.07) is 5.36. The van der Waals surface area contributed by atoms with Gasteiger partial charge in [0.1, 0.15) is 11.8 Å². The molecule has 0 saturated carbocycles. The van der Waals surface area contributed by atoms with Crippen molar-refractivity contribution in [1.29, 1.82) is 0 Å². The fourth-order valence-electron chi connectivity index (χ4n) is 2.59. The van der Waals surface area contributed by atoms with E-state index in [9.17, 15) is 4.79 Å². The number of carbonyl (C=O) groups is 1. The molecule has 2 rings (SSSR count). The first-order chi connectivity index (χ1) is 11.2. The van der Waals surface area contributed by atoms with Crippen LogP contribution >= 0.6 is 0 Å². The molecule has 1 saturated heterocycles. The van der Waals surface area contributed by atoms with Gasteiger partial charge in [0.25, 0.3) is 0 Å². The molecule has 0 amide bonds. The van der Waals surface area contributed by atoms with E-state index in [1.165, 1.54) is 0 Å². The Morgan fingerprint density at radius 2 is 2.04 bits per heavy atom. The van der Waals surface area contributed by atoms with E-state index < -0.39 is 6.04 Å². The van der Waals surface area contributed by atoms with Crippen LogP contribution in [0.2, 0.25) is 0 Å². The number of nitrogens with two attached hydrogens (primary N) is 1. The minimum Gasteiger partial charge on any atom is -0.494 e. The summed E-state index contributed by atoms with van der Waals surface area (Å²) >= 11 is 0. The predicted molar refractivity (Wildman–Crippen MR) is 89.0 cm³/mol. The van der Waals surface area contributed by atoms with Crippen molar-refractivity contribution in [2.45, 2.75) is 26.3 Å². The van der Waals surface area contributed by atoms with Crippen LogP contribution in [0.5, 0.6) is 5.75 Å². The summed E-state index contributed by atoms with van der Waals surface area (Å²) in [5.41, 5.74) is 7.95. The van der Waals surface area contributed by atoms with Gasteiger partial charge in [-0.1, -0.05) is 6.07 Å². The summed E-state index contributed by atoms with van der Waals surface area (Å²) in [7, 11) is 0. The summed E-state index contributed by atoms with van der Waals surface area (Å²) in [6.07, 6.45) is 0.400. The van der Waals surface area contributed by atoms with Crippen molar-refractivity contribution >= 4 is 11.7 Å². The quantitative estimate of drug-likeness (QED) is 0.764. The number of hydrogen-bond donors (Lipinski definition) is 1. The van der Waals surface area contributed by atoms with Crippen LogP contribution in [-0.2, 0) is 20.7 Å². The SMILES string of the molecule is CCOC(=O)C(N)Cc1ccc(N2CCOCC2)cc1OCC. The summed E-state index contributed by atoms with van der Waals surface area (Å²) in [5, 5.41) is 0. The smallest absolute Gasteiger partial charge is 0.323 e. The van der Waals surface area contributed by atoms with Gasteiger partial charge < -0.3 is 24.8 Å². The number of nitrogens with zero attached hydrogens (tertiary/aromatic N) is 1. The predicted octanol–water partition coefficient (Wildman–Crippen LogP) is 1.35. The van der Waals surface area contributed by atoms with Crippen LogP contribution < -0.4 is 15.4 Å².